The number of aromatic amines is 1. The van der Waals surface area contributed by atoms with Crippen LogP contribution in [0.3, 0.4) is 0 Å². The van der Waals surface area contributed by atoms with Gasteiger partial charge in [-0.15, -0.1) is 0 Å². The number of ether oxygens (including phenoxy) is 3. The molecule has 6 nitrogen and oxygen atoms in total. The third-order valence-electron chi connectivity index (χ3n) is 3.88. The number of anilines is 1. The van der Waals surface area contributed by atoms with Crippen molar-refractivity contribution >= 4 is 22.5 Å². The summed E-state index contributed by atoms with van der Waals surface area (Å²) >= 11 is 0. The number of methoxy groups -OCH3 is 1. The number of nitrogens with one attached hydrogen (secondary N) is 2. The van der Waals surface area contributed by atoms with Gasteiger partial charge in [-0.2, -0.15) is 0 Å². The Morgan fingerprint density at radius 3 is 2.79 bits per heavy atom. The van der Waals surface area contributed by atoms with Crippen molar-refractivity contribution in [3.8, 4) is 17.2 Å². The van der Waals surface area contributed by atoms with Crippen molar-refractivity contribution in [3.63, 3.8) is 0 Å². The van der Waals surface area contributed by atoms with Crippen LogP contribution in [0.5, 0.6) is 17.2 Å². The molecule has 2 N–H and O–H groups in total. The summed E-state index contributed by atoms with van der Waals surface area (Å²) < 4.78 is 16.3. The lowest BCUT2D eigenvalue weighted by atomic mass is 10.2. The first-order chi connectivity index (χ1) is 11.7. The number of fused-ring (bicyclic) bond motifs is 2. The van der Waals surface area contributed by atoms with Crippen LogP contribution in [0, 0.1) is 0 Å². The van der Waals surface area contributed by atoms with Crippen molar-refractivity contribution in [2.75, 3.05) is 25.6 Å². The van der Waals surface area contributed by atoms with Gasteiger partial charge in [-0.25, -0.2) is 0 Å². The number of hydrogen-bond donors (Lipinski definition) is 2. The first-order valence-corrected chi connectivity index (χ1v) is 7.61. The molecule has 0 bridgehead atoms. The standard InChI is InChI=1S/C18H16N2O4/c1-22-15-4-2-3-11-9-13(20-17(11)15)18(21)19-12-5-6-14-16(10-12)24-8-7-23-14/h2-6,9-10,20H,7-8H2,1H3,(H,19,21). The summed E-state index contributed by atoms with van der Waals surface area (Å²) in [5, 5.41) is 3.78. The van der Waals surface area contributed by atoms with Gasteiger partial charge in [0, 0.05) is 17.1 Å². The van der Waals surface area contributed by atoms with E-state index in [2.05, 4.69) is 10.3 Å². The zero-order valence-corrected chi connectivity index (χ0v) is 13.1. The summed E-state index contributed by atoms with van der Waals surface area (Å²) in [4.78, 5) is 15.6. The summed E-state index contributed by atoms with van der Waals surface area (Å²) in [6, 6.07) is 12.8. The van der Waals surface area contributed by atoms with E-state index in [1.54, 1.807) is 31.4 Å². The van der Waals surface area contributed by atoms with Crippen molar-refractivity contribution in [1.82, 2.24) is 4.98 Å². The highest BCUT2D eigenvalue weighted by molar-refractivity contribution is 6.06. The van der Waals surface area contributed by atoms with Gasteiger partial charge in [-0.1, -0.05) is 12.1 Å². The Morgan fingerprint density at radius 2 is 1.96 bits per heavy atom. The van der Waals surface area contributed by atoms with Crippen LogP contribution >= 0.6 is 0 Å². The highest BCUT2D eigenvalue weighted by atomic mass is 16.6. The molecule has 0 aliphatic carbocycles. The van der Waals surface area contributed by atoms with Crippen molar-refractivity contribution < 1.29 is 19.0 Å². The summed E-state index contributed by atoms with van der Waals surface area (Å²) in [6.07, 6.45) is 0. The van der Waals surface area contributed by atoms with Crippen LogP contribution in [0.25, 0.3) is 10.9 Å². The number of H-pyrrole nitrogens is 1. The summed E-state index contributed by atoms with van der Waals surface area (Å²) in [6.45, 7) is 1.04. The number of rotatable bonds is 3. The van der Waals surface area contributed by atoms with E-state index in [9.17, 15) is 4.79 Å². The van der Waals surface area contributed by atoms with E-state index < -0.39 is 0 Å². The molecule has 4 rings (SSSR count). The molecule has 0 fully saturated rings. The van der Waals surface area contributed by atoms with Crippen molar-refractivity contribution in [1.29, 1.82) is 0 Å². The minimum absolute atomic E-state index is 0.232. The van der Waals surface area contributed by atoms with Gasteiger partial charge >= 0.3 is 0 Å². The Balaban J connectivity index is 1.60. The minimum atomic E-state index is -0.232. The lowest BCUT2D eigenvalue weighted by Crippen LogP contribution is -2.16. The van der Waals surface area contributed by atoms with Crippen LogP contribution in [0.15, 0.2) is 42.5 Å². The molecule has 1 aliphatic heterocycles. The molecule has 0 saturated heterocycles. The molecular formula is C18H16N2O4. The van der Waals surface area contributed by atoms with Gasteiger partial charge in [0.05, 0.1) is 12.6 Å². The Labute approximate surface area is 138 Å². The van der Waals surface area contributed by atoms with Crippen molar-refractivity contribution in [3.05, 3.63) is 48.2 Å². The molecule has 1 amide bonds. The number of hydrogen-bond acceptors (Lipinski definition) is 4. The maximum atomic E-state index is 12.5. The Bertz CT molecular complexity index is 917. The highest BCUT2D eigenvalue weighted by Crippen LogP contribution is 2.33. The molecule has 2 aromatic carbocycles. The van der Waals surface area contributed by atoms with Gasteiger partial charge < -0.3 is 24.5 Å². The lowest BCUT2D eigenvalue weighted by molar-refractivity contribution is 0.102. The van der Waals surface area contributed by atoms with E-state index in [0.717, 1.165) is 10.9 Å². The number of benzene rings is 2. The van der Waals surface area contributed by atoms with E-state index in [1.165, 1.54) is 0 Å². The largest absolute Gasteiger partial charge is 0.495 e. The number of amides is 1. The Hall–Kier alpha value is -3.15. The molecule has 0 saturated carbocycles. The van der Waals surface area contributed by atoms with Crippen LogP contribution in [-0.2, 0) is 0 Å². The van der Waals surface area contributed by atoms with Crippen LogP contribution < -0.4 is 19.5 Å². The maximum absolute atomic E-state index is 12.5. The quantitative estimate of drug-likeness (QED) is 0.776. The van der Waals surface area contributed by atoms with Crippen LogP contribution in [0.2, 0.25) is 0 Å². The smallest absolute Gasteiger partial charge is 0.272 e. The molecule has 3 aromatic rings. The van der Waals surface area contributed by atoms with Gasteiger partial charge in [0.25, 0.3) is 5.91 Å². The maximum Gasteiger partial charge on any atom is 0.272 e. The summed E-state index contributed by atoms with van der Waals surface area (Å²) in [5.74, 6) is 1.79. The summed E-state index contributed by atoms with van der Waals surface area (Å²) in [7, 11) is 1.60. The zero-order chi connectivity index (χ0) is 16.5. The van der Waals surface area contributed by atoms with Crippen molar-refractivity contribution in [2.24, 2.45) is 0 Å². The molecule has 2 heterocycles. The van der Waals surface area contributed by atoms with Gasteiger partial charge in [0.1, 0.15) is 24.7 Å². The zero-order valence-electron chi connectivity index (χ0n) is 13.1. The van der Waals surface area contributed by atoms with Crippen LogP contribution in [0.4, 0.5) is 5.69 Å². The first kappa shape index (κ1) is 14.4. The fourth-order valence-corrected chi connectivity index (χ4v) is 2.74. The number of aromatic nitrogens is 1. The predicted octanol–water partition coefficient (Wildman–Crippen LogP) is 3.20. The third kappa shape index (κ3) is 2.52. The van der Waals surface area contributed by atoms with Gasteiger partial charge in [0.2, 0.25) is 0 Å². The number of carbonyl (C=O) groups excluding carboxylic acids is 1. The molecule has 122 valence electrons. The first-order valence-electron chi connectivity index (χ1n) is 7.61. The highest BCUT2D eigenvalue weighted by Gasteiger charge is 2.15. The van der Waals surface area contributed by atoms with Gasteiger partial charge in [-0.3, -0.25) is 4.79 Å². The third-order valence-corrected chi connectivity index (χ3v) is 3.88. The predicted molar refractivity (Wildman–Crippen MR) is 90.2 cm³/mol. The van der Waals surface area contributed by atoms with Gasteiger partial charge in [0.15, 0.2) is 11.5 Å². The molecule has 1 aromatic heterocycles. The fraction of sp³-hybridized carbons (Fsp3) is 0.167. The second kappa shape index (κ2) is 5.81. The topological polar surface area (TPSA) is 72.6 Å². The second-order valence-electron chi connectivity index (χ2n) is 5.42. The number of para-hydroxylation sites is 1. The lowest BCUT2D eigenvalue weighted by Gasteiger charge is -2.18. The molecule has 6 heteroatoms. The van der Waals surface area contributed by atoms with Crippen LogP contribution in [-0.4, -0.2) is 31.2 Å². The van der Waals surface area contributed by atoms with E-state index in [1.807, 2.05) is 18.2 Å². The van der Waals surface area contributed by atoms with Crippen LogP contribution in [0.1, 0.15) is 10.5 Å². The summed E-state index contributed by atoms with van der Waals surface area (Å²) in [5.41, 5.74) is 1.91. The molecule has 0 spiro atoms. The Kier molecular flexibility index (Phi) is 3.49. The van der Waals surface area contributed by atoms with E-state index >= 15 is 0 Å². The van der Waals surface area contributed by atoms with Gasteiger partial charge in [-0.05, 0) is 24.3 Å². The molecule has 0 radical (unpaired) electrons. The normalized spacial score (nSPS) is 12.9. The second-order valence-corrected chi connectivity index (χ2v) is 5.42. The van der Waals surface area contributed by atoms with E-state index in [-0.39, 0.29) is 5.91 Å². The molecule has 0 atom stereocenters. The molecular weight excluding hydrogens is 308 g/mol. The monoisotopic (exact) mass is 324 g/mol. The molecule has 24 heavy (non-hydrogen) atoms. The molecule has 1 aliphatic rings. The van der Waals surface area contributed by atoms with Crippen molar-refractivity contribution in [2.45, 2.75) is 0 Å². The Morgan fingerprint density at radius 1 is 1.12 bits per heavy atom. The average molecular weight is 324 g/mol. The van der Waals surface area contributed by atoms with E-state index in [4.69, 9.17) is 14.2 Å². The number of carbonyl (C=O) groups is 1. The fourth-order valence-electron chi connectivity index (χ4n) is 2.74. The molecule has 0 unspecified atom stereocenters. The van der Waals surface area contributed by atoms with E-state index in [0.29, 0.717) is 41.8 Å². The minimum Gasteiger partial charge on any atom is -0.495 e. The average Bonchev–Trinajstić information content (AvgIpc) is 3.06. The SMILES string of the molecule is COc1cccc2cc(C(=O)Nc3ccc4c(c3)OCCO4)[nH]c12.